The highest BCUT2D eigenvalue weighted by Crippen LogP contribution is 2.34. The van der Waals surface area contributed by atoms with Gasteiger partial charge >= 0.3 is 0 Å². The van der Waals surface area contributed by atoms with Gasteiger partial charge in [-0.25, -0.2) is 8.42 Å². The van der Waals surface area contributed by atoms with Crippen molar-refractivity contribution >= 4 is 10.0 Å². The molecule has 0 aliphatic heterocycles. The molecule has 0 spiro atoms. The van der Waals surface area contributed by atoms with Gasteiger partial charge in [0.25, 0.3) is 0 Å². The Morgan fingerprint density at radius 2 is 2.06 bits per heavy atom. The van der Waals surface area contributed by atoms with Crippen LogP contribution in [0.4, 0.5) is 0 Å². The van der Waals surface area contributed by atoms with E-state index in [2.05, 4.69) is 12.1 Å². The lowest BCUT2D eigenvalue weighted by Crippen LogP contribution is -2.34. The van der Waals surface area contributed by atoms with Crippen molar-refractivity contribution in [2.24, 2.45) is 0 Å². The van der Waals surface area contributed by atoms with E-state index in [0.29, 0.717) is 6.42 Å². The summed E-state index contributed by atoms with van der Waals surface area (Å²) < 4.78 is 25.9. The molecule has 3 nitrogen and oxygen atoms in total. The number of benzene rings is 1. The maximum absolute atomic E-state index is 12.2. The number of fused-ring (bicyclic) bond motifs is 1. The van der Waals surface area contributed by atoms with Crippen LogP contribution in [0.15, 0.2) is 24.3 Å². The van der Waals surface area contributed by atoms with Gasteiger partial charge in [-0.1, -0.05) is 31.2 Å². The molecule has 0 amide bonds. The van der Waals surface area contributed by atoms with Gasteiger partial charge in [-0.05, 0) is 36.8 Å². The first-order valence-corrected chi connectivity index (χ1v) is 8.20. The van der Waals surface area contributed by atoms with Crippen LogP contribution in [0.3, 0.4) is 0 Å². The summed E-state index contributed by atoms with van der Waals surface area (Å²) in [6, 6.07) is 8.23. The Labute approximate surface area is 110 Å². The Morgan fingerprint density at radius 1 is 1.33 bits per heavy atom. The van der Waals surface area contributed by atoms with Gasteiger partial charge in [0.15, 0.2) is 0 Å². The fourth-order valence-corrected chi connectivity index (χ4v) is 4.11. The number of aryl methyl sites for hydroxylation is 1. The van der Waals surface area contributed by atoms with Crippen molar-refractivity contribution < 1.29 is 8.42 Å². The van der Waals surface area contributed by atoms with Gasteiger partial charge in [0.05, 0.1) is 5.75 Å². The van der Waals surface area contributed by atoms with Gasteiger partial charge in [0.1, 0.15) is 0 Å². The first-order valence-electron chi connectivity index (χ1n) is 6.59. The van der Waals surface area contributed by atoms with E-state index in [1.54, 1.807) is 11.4 Å². The Hall–Kier alpha value is -0.870. The lowest BCUT2D eigenvalue weighted by atomic mass is 9.88. The summed E-state index contributed by atoms with van der Waals surface area (Å²) in [6.07, 6.45) is 3.72. The highest BCUT2D eigenvalue weighted by molar-refractivity contribution is 7.89. The first-order chi connectivity index (χ1) is 8.56. The molecule has 18 heavy (non-hydrogen) atoms. The molecule has 0 fully saturated rings. The van der Waals surface area contributed by atoms with E-state index in [-0.39, 0.29) is 11.8 Å². The van der Waals surface area contributed by atoms with E-state index in [4.69, 9.17) is 0 Å². The van der Waals surface area contributed by atoms with Crippen LogP contribution in [0.5, 0.6) is 0 Å². The molecule has 1 aromatic rings. The number of rotatable bonds is 4. The van der Waals surface area contributed by atoms with Gasteiger partial charge in [-0.2, -0.15) is 4.31 Å². The zero-order chi connectivity index (χ0) is 13.2. The summed E-state index contributed by atoms with van der Waals surface area (Å²) in [7, 11) is -1.40. The quantitative estimate of drug-likeness (QED) is 0.841. The molecule has 1 aromatic carbocycles. The van der Waals surface area contributed by atoms with Crippen molar-refractivity contribution in [1.82, 2.24) is 4.31 Å². The highest BCUT2D eigenvalue weighted by atomic mass is 32.2. The Bertz CT molecular complexity index is 510. The third-order valence-electron chi connectivity index (χ3n) is 3.68. The van der Waals surface area contributed by atoms with E-state index < -0.39 is 10.0 Å². The average molecular weight is 267 g/mol. The summed E-state index contributed by atoms with van der Waals surface area (Å²) in [5.74, 6) is 0.238. The molecule has 0 heterocycles. The molecule has 0 N–H and O–H groups in total. The van der Waals surface area contributed by atoms with Crippen LogP contribution >= 0.6 is 0 Å². The van der Waals surface area contributed by atoms with Crippen LogP contribution in [0.2, 0.25) is 0 Å². The van der Waals surface area contributed by atoms with Crippen LogP contribution < -0.4 is 0 Å². The van der Waals surface area contributed by atoms with Gasteiger partial charge in [-0.3, -0.25) is 0 Å². The number of sulfonamides is 1. The fraction of sp³-hybridized carbons (Fsp3) is 0.571. The molecule has 0 saturated carbocycles. The smallest absolute Gasteiger partial charge is 0.212 e. The van der Waals surface area contributed by atoms with Crippen LogP contribution in [0.1, 0.15) is 43.4 Å². The van der Waals surface area contributed by atoms with E-state index in [9.17, 15) is 8.42 Å². The molecule has 1 unspecified atom stereocenters. The van der Waals surface area contributed by atoms with Gasteiger partial charge < -0.3 is 0 Å². The monoisotopic (exact) mass is 267 g/mol. The molecule has 0 aromatic heterocycles. The van der Waals surface area contributed by atoms with Crippen LogP contribution in [-0.4, -0.2) is 25.5 Å². The second kappa shape index (κ2) is 5.41. The maximum atomic E-state index is 12.2. The third-order valence-corrected chi connectivity index (χ3v) is 5.73. The van der Waals surface area contributed by atoms with Crippen molar-refractivity contribution in [1.29, 1.82) is 0 Å². The standard InChI is InChI=1S/C14H21NO2S/c1-3-11-18(16,17)15(2)14-10-6-8-12-7-4-5-9-13(12)14/h4-5,7,9,14H,3,6,8,10-11H2,1-2H3. The van der Waals surface area contributed by atoms with Crippen molar-refractivity contribution in [3.8, 4) is 0 Å². The zero-order valence-electron chi connectivity index (χ0n) is 11.1. The van der Waals surface area contributed by atoms with E-state index in [1.165, 1.54) is 11.1 Å². The summed E-state index contributed by atoms with van der Waals surface area (Å²) in [6.45, 7) is 1.90. The number of hydrogen-bond donors (Lipinski definition) is 0. The van der Waals surface area contributed by atoms with Crippen LogP contribution in [0, 0.1) is 0 Å². The molecular formula is C14H21NO2S. The highest BCUT2D eigenvalue weighted by Gasteiger charge is 2.29. The van der Waals surface area contributed by atoms with E-state index >= 15 is 0 Å². The van der Waals surface area contributed by atoms with Gasteiger partial charge in [0, 0.05) is 13.1 Å². The van der Waals surface area contributed by atoms with Crippen molar-refractivity contribution in [2.75, 3.05) is 12.8 Å². The maximum Gasteiger partial charge on any atom is 0.214 e. The van der Waals surface area contributed by atoms with E-state index in [1.807, 2.05) is 19.1 Å². The molecular weight excluding hydrogens is 246 g/mol. The second-order valence-electron chi connectivity index (χ2n) is 4.94. The second-order valence-corrected chi connectivity index (χ2v) is 7.09. The van der Waals surface area contributed by atoms with Crippen molar-refractivity contribution in [3.63, 3.8) is 0 Å². The molecule has 1 aliphatic carbocycles. The molecule has 0 bridgehead atoms. The minimum Gasteiger partial charge on any atom is -0.212 e. The third kappa shape index (κ3) is 2.59. The predicted molar refractivity (Wildman–Crippen MR) is 74.0 cm³/mol. The molecule has 0 saturated heterocycles. The van der Waals surface area contributed by atoms with Crippen LogP contribution in [-0.2, 0) is 16.4 Å². The summed E-state index contributed by atoms with van der Waals surface area (Å²) in [4.78, 5) is 0. The molecule has 0 radical (unpaired) electrons. The lowest BCUT2D eigenvalue weighted by molar-refractivity contribution is 0.337. The number of hydrogen-bond acceptors (Lipinski definition) is 2. The molecule has 1 aliphatic rings. The Balaban J connectivity index is 2.31. The van der Waals surface area contributed by atoms with E-state index in [0.717, 1.165) is 19.3 Å². The minimum atomic E-state index is -3.12. The topological polar surface area (TPSA) is 37.4 Å². The summed E-state index contributed by atoms with van der Waals surface area (Å²) in [5, 5.41) is 0. The fourth-order valence-electron chi connectivity index (χ4n) is 2.70. The van der Waals surface area contributed by atoms with Gasteiger partial charge in [0.2, 0.25) is 10.0 Å². The summed E-state index contributed by atoms with van der Waals surface area (Å²) >= 11 is 0. The largest absolute Gasteiger partial charge is 0.214 e. The number of nitrogens with zero attached hydrogens (tertiary/aromatic N) is 1. The van der Waals surface area contributed by atoms with Crippen LogP contribution in [0.25, 0.3) is 0 Å². The molecule has 2 rings (SSSR count). The Kier molecular flexibility index (Phi) is 4.07. The van der Waals surface area contributed by atoms with Crippen molar-refractivity contribution in [3.05, 3.63) is 35.4 Å². The van der Waals surface area contributed by atoms with Gasteiger partial charge in [-0.15, -0.1) is 0 Å². The SMILES string of the molecule is CCCS(=O)(=O)N(C)C1CCCc2ccccc21. The Morgan fingerprint density at radius 3 is 2.78 bits per heavy atom. The molecule has 4 heteroatoms. The van der Waals surface area contributed by atoms with Crippen molar-refractivity contribution in [2.45, 2.75) is 38.6 Å². The predicted octanol–water partition coefficient (Wildman–Crippen LogP) is 2.74. The average Bonchev–Trinajstić information content (AvgIpc) is 2.37. The summed E-state index contributed by atoms with van der Waals surface area (Å²) in [5.41, 5.74) is 2.48. The minimum absolute atomic E-state index is 0.0199. The molecule has 100 valence electrons. The first kappa shape index (κ1) is 13.6. The molecule has 1 atom stereocenters. The zero-order valence-corrected chi connectivity index (χ0v) is 11.9. The lowest BCUT2D eigenvalue weighted by Gasteiger charge is -2.32. The normalized spacial score (nSPS) is 19.8.